The highest BCUT2D eigenvalue weighted by atomic mass is 79.9. The van der Waals surface area contributed by atoms with Crippen LogP contribution in [0.1, 0.15) is 22.3 Å². The van der Waals surface area contributed by atoms with Crippen LogP contribution in [0.3, 0.4) is 0 Å². The SMILES string of the molecule is Cc1ccc(C(=O)NN2C[C@H](C(=O)OCC(=O)Nc3ccc(Br)cc3Cl)CC2=O)cc1. The lowest BCUT2D eigenvalue weighted by atomic mass is 10.1. The molecule has 1 fully saturated rings. The summed E-state index contributed by atoms with van der Waals surface area (Å²) in [7, 11) is 0. The predicted octanol–water partition coefficient (Wildman–Crippen LogP) is 3.09. The second kappa shape index (κ2) is 9.93. The van der Waals surface area contributed by atoms with Crippen molar-refractivity contribution in [1.82, 2.24) is 10.4 Å². The third-order valence-electron chi connectivity index (χ3n) is 4.56. The average molecular weight is 509 g/mol. The van der Waals surface area contributed by atoms with Gasteiger partial charge in [-0.15, -0.1) is 0 Å². The van der Waals surface area contributed by atoms with Gasteiger partial charge in [-0.25, -0.2) is 0 Å². The van der Waals surface area contributed by atoms with Gasteiger partial charge in [0.25, 0.3) is 11.8 Å². The van der Waals surface area contributed by atoms with Crippen LogP contribution in [-0.4, -0.2) is 41.9 Å². The van der Waals surface area contributed by atoms with Crippen molar-refractivity contribution in [2.45, 2.75) is 13.3 Å². The zero-order valence-corrected chi connectivity index (χ0v) is 18.8. The molecule has 0 spiro atoms. The molecule has 0 aromatic heterocycles. The molecule has 0 saturated carbocycles. The largest absolute Gasteiger partial charge is 0.455 e. The van der Waals surface area contributed by atoms with E-state index >= 15 is 0 Å². The van der Waals surface area contributed by atoms with Crippen LogP contribution in [0.4, 0.5) is 5.69 Å². The maximum Gasteiger partial charge on any atom is 0.311 e. The van der Waals surface area contributed by atoms with Crippen LogP contribution in [0, 0.1) is 12.8 Å². The van der Waals surface area contributed by atoms with Crippen LogP contribution in [0.15, 0.2) is 46.9 Å². The molecule has 162 valence electrons. The van der Waals surface area contributed by atoms with E-state index in [1.54, 1.807) is 42.5 Å². The Morgan fingerprint density at radius 3 is 2.58 bits per heavy atom. The number of ether oxygens (including phenoxy) is 1. The van der Waals surface area contributed by atoms with Gasteiger partial charge in [-0.3, -0.25) is 29.6 Å². The van der Waals surface area contributed by atoms with Gasteiger partial charge in [0.15, 0.2) is 6.61 Å². The minimum atomic E-state index is -0.783. The van der Waals surface area contributed by atoms with E-state index < -0.39 is 36.2 Å². The standard InChI is InChI=1S/C21H19BrClN3O5/c1-12-2-4-13(5-3-12)20(29)25-26-10-14(8-19(26)28)21(30)31-11-18(27)24-17-7-6-15(22)9-16(17)23/h2-7,9,14H,8,10-11H2,1H3,(H,24,27)(H,25,29)/t14-/m1/s1. The molecule has 8 nitrogen and oxygen atoms in total. The normalized spacial score (nSPS) is 15.5. The fourth-order valence-electron chi connectivity index (χ4n) is 2.90. The number of aryl methyl sites for hydroxylation is 1. The van der Waals surface area contributed by atoms with Gasteiger partial charge in [-0.1, -0.05) is 45.2 Å². The molecule has 0 radical (unpaired) electrons. The van der Waals surface area contributed by atoms with Crippen molar-refractivity contribution in [2.75, 3.05) is 18.5 Å². The van der Waals surface area contributed by atoms with Crippen molar-refractivity contribution < 1.29 is 23.9 Å². The van der Waals surface area contributed by atoms with Gasteiger partial charge in [0, 0.05) is 16.5 Å². The molecule has 10 heteroatoms. The highest BCUT2D eigenvalue weighted by Crippen LogP contribution is 2.25. The number of nitrogens with zero attached hydrogens (tertiary/aromatic N) is 1. The molecule has 2 N–H and O–H groups in total. The monoisotopic (exact) mass is 507 g/mol. The fourth-order valence-corrected chi connectivity index (χ4v) is 3.62. The Bertz CT molecular complexity index is 1030. The van der Waals surface area contributed by atoms with E-state index in [0.29, 0.717) is 16.3 Å². The second-order valence-corrected chi connectivity index (χ2v) is 8.32. The molecule has 1 saturated heterocycles. The van der Waals surface area contributed by atoms with Crippen LogP contribution in [-0.2, 0) is 19.1 Å². The lowest BCUT2D eigenvalue weighted by molar-refractivity contribution is -0.151. The van der Waals surface area contributed by atoms with Gasteiger partial charge < -0.3 is 10.1 Å². The summed E-state index contributed by atoms with van der Waals surface area (Å²) in [6.07, 6.45) is -0.118. The quantitative estimate of drug-likeness (QED) is 0.584. The molecule has 0 aliphatic carbocycles. The summed E-state index contributed by atoms with van der Waals surface area (Å²) >= 11 is 9.30. The molecule has 2 aromatic carbocycles. The second-order valence-electron chi connectivity index (χ2n) is 6.99. The maximum absolute atomic E-state index is 12.3. The zero-order valence-electron chi connectivity index (χ0n) is 16.5. The summed E-state index contributed by atoms with van der Waals surface area (Å²) in [5.41, 5.74) is 4.28. The summed E-state index contributed by atoms with van der Waals surface area (Å²) in [5.74, 6) is -2.90. The number of benzene rings is 2. The number of halogens is 2. The number of rotatable bonds is 6. The molecule has 0 unspecified atom stereocenters. The Kier molecular flexibility index (Phi) is 7.29. The van der Waals surface area contributed by atoms with Crippen LogP contribution in [0.25, 0.3) is 0 Å². The fraction of sp³-hybridized carbons (Fsp3) is 0.238. The summed E-state index contributed by atoms with van der Waals surface area (Å²) < 4.78 is 5.78. The molecule has 0 bridgehead atoms. The Morgan fingerprint density at radius 2 is 1.90 bits per heavy atom. The molecular formula is C21H19BrClN3O5. The minimum absolute atomic E-state index is 0.0323. The molecule has 1 atom stereocenters. The molecule has 1 heterocycles. The highest BCUT2D eigenvalue weighted by Gasteiger charge is 2.36. The lowest BCUT2D eigenvalue weighted by Gasteiger charge is -2.17. The number of nitrogens with one attached hydrogen (secondary N) is 2. The number of hydrogen-bond acceptors (Lipinski definition) is 5. The summed E-state index contributed by atoms with van der Waals surface area (Å²) in [5, 5.41) is 3.97. The smallest absolute Gasteiger partial charge is 0.311 e. The van der Waals surface area contributed by atoms with E-state index in [1.807, 2.05) is 6.92 Å². The predicted molar refractivity (Wildman–Crippen MR) is 117 cm³/mol. The third kappa shape index (κ3) is 6.05. The van der Waals surface area contributed by atoms with E-state index in [9.17, 15) is 19.2 Å². The molecular weight excluding hydrogens is 490 g/mol. The van der Waals surface area contributed by atoms with E-state index in [4.69, 9.17) is 16.3 Å². The van der Waals surface area contributed by atoms with Gasteiger partial charge in [0.1, 0.15) is 0 Å². The molecule has 3 rings (SSSR count). The Morgan fingerprint density at radius 1 is 1.19 bits per heavy atom. The Labute approximate surface area is 192 Å². The van der Waals surface area contributed by atoms with Gasteiger partial charge in [0.2, 0.25) is 5.91 Å². The van der Waals surface area contributed by atoms with Gasteiger partial charge in [0.05, 0.1) is 23.2 Å². The van der Waals surface area contributed by atoms with E-state index in [1.165, 1.54) is 0 Å². The van der Waals surface area contributed by atoms with E-state index in [-0.39, 0.29) is 13.0 Å². The molecule has 2 aromatic rings. The Balaban J connectivity index is 1.48. The first-order valence-corrected chi connectivity index (χ1v) is 10.5. The summed E-state index contributed by atoms with van der Waals surface area (Å²) in [4.78, 5) is 48.7. The topological polar surface area (TPSA) is 105 Å². The number of carbonyl (C=O) groups is 4. The van der Waals surface area contributed by atoms with Crippen molar-refractivity contribution in [2.24, 2.45) is 5.92 Å². The number of esters is 1. The summed E-state index contributed by atoms with van der Waals surface area (Å²) in [6.45, 7) is 1.34. The molecule has 3 amide bonds. The molecule has 1 aliphatic rings. The van der Waals surface area contributed by atoms with Gasteiger partial charge in [-0.2, -0.15) is 0 Å². The maximum atomic E-state index is 12.3. The highest BCUT2D eigenvalue weighted by molar-refractivity contribution is 9.10. The number of hydrazine groups is 1. The van der Waals surface area contributed by atoms with Crippen molar-refractivity contribution in [3.05, 3.63) is 63.1 Å². The summed E-state index contributed by atoms with van der Waals surface area (Å²) in [6, 6.07) is 11.8. The van der Waals surface area contributed by atoms with Crippen LogP contribution < -0.4 is 10.7 Å². The van der Waals surface area contributed by atoms with Crippen molar-refractivity contribution >= 4 is 56.9 Å². The zero-order chi connectivity index (χ0) is 22.5. The minimum Gasteiger partial charge on any atom is -0.455 e. The number of hydrogen-bond donors (Lipinski definition) is 2. The average Bonchev–Trinajstić information content (AvgIpc) is 3.09. The molecule has 31 heavy (non-hydrogen) atoms. The molecule has 1 aliphatic heterocycles. The van der Waals surface area contributed by atoms with Crippen molar-refractivity contribution in [3.8, 4) is 0 Å². The van der Waals surface area contributed by atoms with Crippen molar-refractivity contribution in [1.29, 1.82) is 0 Å². The van der Waals surface area contributed by atoms with Crippen LogP contribution in [0.2, 0.25) is 5.02 Å². The number of carbonyl (C=O) groups excluding carboxylic acids is 4. The van der Waals surface area contributed by atoms with E-state index in [0.717, 1.165) is 15.0 Å². The number of amides is 3. The van der Waals surface area contributed by atoms with Crippen LogP contribution in [0.5, 0.6) is 0 Å². The lowest BCUT2D eigenvalue weighted by Crippen LogP contribution is -2.43. The van der Waals surface area contributed by atoms with Gasteiger partial charge >= 0.3 is 5.97 Å². The van der Waals surface area contributed by atoms with E-state index in [2.05, 4.69) is 26.7 Å². The van der Waals surface area contributed by atoms with Gasteiger partial charge in [-0.05, 0) is 37.3 Å². The first kappa shape index (κ1) is 22.8. The Hall–Kier alpha value is -2.91. The first-order chi connectivity index (χ1) is 14.7. The van der Waals surface area contributed by atoms with Crippen molar-refractivity contribution in [3.63, 3.8) is 0 Å². The number of anilines is 1. The first-order valence-electron chi connectivity index (χ1n) is 9.32. The van der Waals surface area contributed by atoms with Crippen LogP contribution >= 0.6 is 27.5 Å². The third-order valence-corrected chi connectivity index (χ3v) is 5.37.